The number of esters is 3. The minimum Gasteiger partial charge on any atom is -0.463 e. The van der Waals surface area contributed by atoms with Crippen molar-refractivity contribution < 1.29 is 75.8 Å². The van der Waals surface area contributed by atoms with Crippen LogP contribution in [0.2, 0.25) is 0 Å². The topological polar surface area (TPSA) is 231 Å². The Morgan fingerprint density at radius 1 is 0.282 bits per heavy atom. The first-order chi connectivity index (χ1) is 50.2. The molecule has 0 bridgehead atoms. The number of aliphatic hydroxyl groups is 2. The van der Waals surface area contributed by atoms with Crippen LogP contribution in [0.15, 0.2) is 170 Å². The van der Waals surface area contributed by atoms with Crippen molar-refractivity contribution in [2.75, 3.05) is 39.6 Å². The molecule has 0 radical (unpaired) electrons. The third-order valence-electron chi connectivity index (χ3n) is 15.9. The van der Waals surface area contributed by atoms with Gasteiger partial charge in [-0.05, 0) is 148 Å². The predicted molar refractivity (Wildman–Crippen MR) is 426 cm³/mol. The summed E-state index contributed by atoms with van der Waals surface area (Å²) in [6, 6.07) is 0. The minimum absolute atomic E-state index is 0.0153. The monoisotopic (exact) mass is 1480 g/mol. The zero-order valence-corrected chi connectivity index (χ0v) is 65.7. The molecule has 586 valence electrons. The highest BCUT2D eigenvalue weighted by molar-refractivity contribution is 7.47. The molecule has 16 nitrogen and oxygen atoms in total. The third kappa shape index (κ3) is 77.8. The number of ether oxygens (including phenoxy) is 3. The van der Waals surface area contributed by atoms with Gasteiger partial charge >= 0.3 is 33.6 Å². The Bertz CT molecular complexity index is 2550. The van der Waals surface area contributed by atoms with E-state index in [1.807, 2.05) is 12.2 Å². The number of hydrogen-bond acceptors (Lipinski definition) is 14. The number of aliphatic hydroxyl groups excluding tert-OH is 2. The summed E-state index contributed by atoms with van der Waals surface area (Å²) in [5.74, 6) is -1.68. The number of phosphoric ester groups is 2. The molecule has 18 heteroatoms. The highest BCUT2D eigenvalue weighted by Gasteiger charge is 2.29. The van der Waals surface area contributed by atoms with Crippen molar-refractivity contribution in [3.63, 3.8) is 0 Å². The zero-order valence-electron chi connectivity index (χ0n) is 63.9. The van der Waals surface area contributed by atoms with Crippen LogP contribution in [0, 0.1) is 0 Å². The van der Waals surface area contributed by atoms with Crippen LogP contribution >= 0.6 is 15.6 Å². The van der Waals surface area contributed by atoms with Crippen LogP contribution in [0.3, 0.4) is 0 Å². The molecule has 0 rings (SSSR count). The van der Waals surface area contributed by atoms with Gasteiger partial charge in [-0.2, -0.15) is 0 Å². The van der Waals surface area contributed by atoms with E-state index < -0.39 is 91.5 Å². The summed E-state index contributed by atoms with van der Waals surface area (Å²) in [7, 11) is -9.83. The molecule has 0 fully saturated rings. The maximum Gasteiger partial charge on any atom is 0.472 e. The average molecular weight is 1480 g/mol. The highest BCUT2D eigenvalue weighted by atomic mass is 31.2. The predicted octanol–water partition coefficient (Wildman–Crippen LogP) is 23.2. The molecule has 5 atom stereocenters. The van der Waals surface area contributed by atoms with Gasteiger partial charge in [0.25, 0.3) is 0 Å². The van der Waals surface area contributed by atoms with E-state index in [0.29, 0.717) is 25.7 Å². The fourth-order valence-corrected chi connectivity index (χ4v) is 11.6. The Morgan fingerprint density at radius 2 is 0.524 bits per heavy atom. The van der Waals surface area contributed by atoms with Crippen molar-refractivity contribution in [3.05, 3.63) is 170 Å². The molecule has 0 saturated carbocycles. The molecule has 0 saturated heterocycles. The van der Waals surface area contributed by atoms with Crippen LogP contribution in [-0.2, 0) is 55.8 Å². The standard InChI is InChI=1S/C85H140O16P2/c1-4-7-10-13-16-19-22-25-28-31-33-35-36-37-38-39-40-41-42-44-46-48-50-53-56-59-62-65-68-71-83(88)95-74-80(86)75-97-102(91,92)98-76-81(87)77-99-103(93,94)100-79-82(101-85(90)73-70-67-64-61-58-55-52-47-30-27-24-21-18-15-12-9-6-3)78-96-84(89)72-69-66-63-60-57-54-51-49-45-43-34-32-29-26-23-20-17-14-11-8-5-2/h8-9,11-12,16-21,25-30,33-35,37-38,43,49,51-52,55,61,64,80-82,86-87H,4-7,10,13-15,22-24,31-32,36,39-42,44-48,50,53-54,56-60,62-63,65-79H2,1-3H3,(H,91,92)(H,93,94)/b11-8-,12-9-,19-16-,20-17-,21-18-,28-25-,29-26-,30-27-,35-33-,38-37-,43-34-,51-49-,55-52-,64-61-. The maximum absolute atomic E-state index is 12.9. The molecule has 0 heterocycles. The summed E-state index contributed by atoms with van der Waals surface area (Å²) < 4.78 is 61.1. The molecule has 0 aromatic heterocycles. The Kier molecular flexibility index (Phi) is 72.8. The Labute approximate surface area is 624 Å². The van der Waals surface area contributed by atoms with Crippen LogP contribution < -0.4 is 0 Å². The van der Waals surface area contributed by atoms with Gasteiger partial charge in [0.2, 0.25) is 0 Å². The zero-order chi connectivity index (χ0) is 75.2. The van der Waals surface area contributed by atoms with E-state index in [2.05, 4.69) is 179 Å². The molecule has 0 aromatic carbocycles. The first-order valence-electron chi connectivity index (χ1n) is 39.4. The summed E-state index contributed by atoms with van der Waals surface area (Å²) in [6.07, 6.45) is 97.0. The van der Waals surface area contributed by atoms with Gasteiger partial charge < -0.3 is 34.2 Å². The van der Waals surface area contributed by atoms with Gasteiger partial charge in [-0.25, -0.2) is 9.13 Å². The molecule has 0 aliphatic rings. The third-order valence-corrected chi connectivity index (χ3v) is 17.8. The number of carbonyl (C=O) groups is 3. The van der Waals surface area contributed by atoms with Gasteiger partial charge in [-0.1, -0.05) is 294 Å². The summed E-state index contributed by atoms with van der Waals surface area (Å²) in [6.45, 7) is 2.32. The first kappa shape index (κ1) is 97.9. The van der Waals surface area contributed by atoms with Crippen molar-refractivity contribution in [3.8, 4) is 0 Å². The number of carbonyl (C=O) groups excluding carboxylic acids is 3. The average Bonchev–Trinajstić information content (AvgIpc) is 0.924. The van der Waals surface area contributed by atoms with E-state index in [9.17, 15) is 43.5 Å². The second-order valence-electron chi connectivity index (χ2n) is 25.7. The van der Waals surface area contributed by atoms with Crippen molar-refractivity contribution >= 4 is 33.6 Å². The number of unbranched alkanes of at least 4 members (excludes halogenated alkanes) is 22. The molecule has 0 aliphatic heterocycles. The van der Waals surface area contributed by atoms with Gasteiger partial charge in [-0.3, -0.25) is 32.5 Å². The number of allylic oxidation sites excluding steroid dienone is 28. The highest BCUT2D eigenvalue weighted by Crippen LogP contribution is 2.45. The molecular weight excluding hydrogens is 1340 g/mol. The maximum atomic E-state index is 12.9. The second kappa shape index (κ2) is 76.6. The Hall–Kier alpha value is -5.09. The summed E-state index contributed by atoms with van der Waals surface area (Å²) in [5.41, 5.74) is 0. The van der Waals surface area contributed by atoms with Crippen molar-refractivity contribution in [2.45, 2.75) is 309 Å². The molecule has 0 aromatic rings. The van der Waals surface area contributed by atoms with E-state index in [1.165, 1.54) is 83.5 Å². The van der Waals surface area contributed by atoms with Crippen molar-refractivity contribution in [2.24, 2.45) is 0 Å². The van der Waals surface area contributed by atoms with Crippen LogP contribution in [0.1, 0.15) is 290 Å². The fourth-order valence-electron chi connectivity index (χ4n) is 9.97. The quantitative estimate of drug-likeness (QED) is 0.0146. The number of rotatable bonds is 73. The Morgan fingerprint density at radius 3 is 0.845 bits per heavy atom. The molecular formula is C85H140O16P2. The minimum atomic E-state index is -4.96. The summed E-state index contributed by atoms with van der Waals surface area (Å²) >= 11 is 0. The van der Waals surface area contributed by atoms with Gasteiger partial charge in [0.15, 0.2) is 6.10 Å². The van der Waals surface area contributed by atoms with E-state index in [4.69, 9.17) is 32.3 Å². The smallest absolute Gasteiger partial charge is 0.463 e. The molecule has 103 heavy (non-hydrogen) atoms. The van der Waals surface area contributed by atoms with E-state index in [1.54, 1.807) is 0 Å². The summed E-state index contributed by atoms with van der Waals surface area (Å²) in [5, 5.41) is 20.6. The van der Waals surface area contributed by atoms with Gasteiger partial charge in [0.05, 0.1) is 26.4 Å². The van der Waals surface area contributed by atoms with Gasteiger partial charge in [-0.15, -0.1) is 0 Å². The summed E-state index contributed by atoms with van der Waals surface area (Å²) in [4.78, 5) is 58.6. The molecule has 5 unspecified atom stereocenters. The van der Waals surface area contributed by atoms with E-state index >= 15 is 0 Å². The lowest BCUT2D eigenvalue weighted by Crippen LogP contribution is -2.30. The molecule has 4 N–H and O–H groups in total. The van der Waals surface area contributed by atoms with E-state index in [0.717, 1.165) is 141 Å². The molecule has 0 spiro atoms. The van der Waals surface area contributed by atoms with Crippen LogP contribution in [0.4, 0.5) is 0 Å². The van der Waals surface area contributed by atoms with Crippen molar-refractivity contribution in [1.82, 2.24) is 0 Å². The SMILES string of the molecule is CC/C=C\C/C=C\C/C=C\C/C=C\C/C=C\CCCCCCCC(=O)OCC(COP(=O)(O)OCC(O)COP(=O)(O)OCC(O)COC(=O)CCCCCCCCCCCCCCC/C=C\C/C=C\C/C=C\C/C=C\CCCCC)OC(=O)CCC/C=C\C/C=C\C/C=C\C/C=C\C/C=C\CC. The fraction of sp³-hybridized carbons (Fsp3) is 0.635. The van der Waals surface area contributed by atoms with Crippen LogP contribution in [0.5, 0.6) is 0 Å². The largest absolute Gasteiger partial charge is 0.472 e. The first-order valence-corrected chi connectivity index (χ1v) is 42.4. The lowest BCUT2D eigenvalue weighted by atomic mass is 10.0. The molecule has 0 amide bonds. The lowest BCUT2D eigenvalue weighted by Gasteiger charge is -2.21. The lowest BCUT2D eigenvalue weighted by molar-refractivity contribution is -0.161. The van der Waals surface area contributed by atoms with E-state index in [-0.39, 0.29) is 19.3 Å². The van der Waals surface area contributed by atoms with Gasteiger partial charge in [0.1, 0.15) is 25.4 Å². The normalized spacial score (nSPS) is 14.9. The Balaban J connectivity index is 4.62. The number of phosphoric acid groups is 2. The van der Waals surface area contributed by atoms with Gasteiger partial charge in [0, 0.05) is 19.3 Å². The second-order valence-corrected chi connectivity index (χ2v) is 28.7. The number of hydrogen-bond donors (Lipinski definition) is 4. The molecule has 0 aliphatic carbocycles. The van der Waals surface area contributed by atoms with Crippen LogP contribution in [-0.4, -0.2) is 95.9 Å². The van der Waals surface area contributed by atoms with Crippen LogP contribution in [0.25, 0.3) is 0 Å². The van der Waals surface area contributed by atoms with Crippen molar-refractivity contribution in [1.29, 1.82) is 0 Å².